The lowest BCUT2D eigenvalue weighted by Crippen LogP contribution is -2.44. The molecule has 1 fully saturated rings. The predicted octanol–water partition coefficient (Wildman–Crippen LogP) is 1.72. The number of hydrogen-bond donors (Lipinski definition) is 2. The van der Waals surface area contributed by atoms with E-state index in [9.17, 15) is 0 Å². The first-order valence-electron chi connectivity index (χ1n) is 6.65. The predicted molar refractivity (Wildman–Crippen MR) is 80.5 cm³/mol. The van der Waals surface area contributed by atoms with Crippen molar-refractivity contribution in [1.29, 1.82) is 0 Å². The number of rotatable bonds is 8. The molecule has 0 bridgehead atoms. The van der Waals surface area contributed by atoms with E-state index in [1.165, 1.54) is 12.8 Å². The lowest BCUT2D eigenvalue weighted by atomic mass is 10.2. The molecule has 0 radical (unpaired) electrons. The average molecular weight is 273 g/mol. The molecule has 0 saturated heterocycles. The van der Waals surface area contributed by atoms with Crippen LogP contribution in [0.5, 0.6) is 0 Å². The molecule has 5 heteroatoms. The summed E-state index contributed by atoms with van der Waals surface area (Å²) in [6.07, 6.45) is 4.82. The van der Waals surface area contributed by atoms with Gasteiger partial charge in [-0.15, -0.1) is 0 Å². The fraction of sp³-hybridized carbons (Fsp3) is 0.923. The van der Waals surface area contributed by atoms with Crippen LogP contribution < -0.4 is 10.6 Å². The molecule has 0 unspecified atom stereocenters. The van der Waals surface area contributed by atoms with Crippen molar-refractivity contribution in [3.8, 4) is 0 Å². The first kappa shape index (κ1) is 15.6. The molecular weight excluding hydrogens is 246 g/mol. The third kappa shape index (κ3) is 7.11. The molecule has 1 aliphatic rings. The molecule has 1 saturated carbocycles. The smallest absolute Gasteiger partial charge is 0.191 e. The van der Waals surface area contributed by atoms with Crippen molar-refractivity contribution in [3.63, 3.8) is 0 Å². The van der Waals surface area contributed by atoms with Crippen molar-refractivity contribution in [3.05, 3.63) is 0 Å². The minimum Gasteiger partial charge on any atom is -0.379 e. The summed E-state index contributed by atoms with van der Waals surface area (Å²) < 4.78 is 5.79. The van der Waals surface area contributed by atoms with Crippen LogP contribution in [0, 0.1) is 5.92 Å². The maximum atomic E-state index is 5.57. The number of nitrogens with zero attached hydrogens (tertiary/aromatic N) is 1. The van der Waals surface area contributed by atoms with E-state index in [0.29, 0.717) is 0 Å². The van der Waals surface area contributed by atoms with Crippen LogP contribution in [0.2, 0.25) is 0 Å². The molecule has 18 heavy (non-hydrogen) atoms. The van der Waals surface area contributed by atoms with E-state index < -0.39 is 0 Å². The summed E-state index contributed by atoms with van der Waals surface area (Å²) in [6.45, 7) is 7.83. The Hall–Kier alpha value is -0.420. The highest BCUT2D eigenvalue weighted by atomic mass is 32.2. The SMILES string of the molecule is CN=C(NCCOCC1CC1)NCC(C)(C)SC. The summed E-state index contributed by atoms with van der Waals surface area (Å²) in [5, 5.41) is 6.60. The van der Waals surface area contributed by atoms with Crippen LogP contribution in [0.1, 0.15) is 26.7 Å². The van der Waals surface area contributed by atoms with Crippen molar-refractivity contribution in [2.45, 2.75) is 31.4 Å². The van der Waals surface area contributed by atoms with E-state index in [1.807, 2.05) is 11.8 Å². The Morgan fingerprint density at radius 3 is 2.67 bits per heavy atom. The molecule has 4 nitrogen and oxygen atoms in total. The van der Waals surface area contributed by atoms with Gasteiger partial charge in [-0.3, -0.25) is 4.99 Å². The topological polar surface area (TPSA) is 45.7 Å². The van der Waals surface area contributed by atoms with Crippen LogP contribution >= 0.6 is 11.8 Å². The van der Waals surface area contributed by atoms with Crippen LogP contribution in [-0.4, -0.2) is 50.3 Å². The summed E-state index contributed by atoms with van der Waals surface area (Å²) in [5.74, 6) is 1.69. The maximum absolute atomic E-state index is 5.57. The van der Waals surface area contributed by atoms with E-state index in [4.69, 9.17) is 4.74 Å². The van der Waals surface area contributed by atoms with E-state index >= 15 is 0 Å². The Morgan fingerprint density at radius 1 is 1.39 bits per heavy atom. The fourth-order valence-electron chi connectivity index (χ4n) is 1.37. The highest BCUT2D eigenvalue weighted by Crippen LogP contribution is 2.28. The molecule has 106 valence electrons. The second kappa shape index (κ2) is 7.89. The lowest BCUT2D eigenvalue weighted by Gasteiger charge is -2.23. The van der Waals surface area contributed by atoms with Gasteiger partial charge in [0.05, 0.1) is 6.61 Å². The zero-order chi connectivity index (χ0) is 13.4. The van der Waals surface area contributed by atoms with Crippen molar-refractivity contribution in [2.24, 2.45) is 10.9 Å². The second-order valence-corrected chi connectivity index (χ2v) is 6.85. The highest BCUT2D eigenvalue weighted by Gasteiger charge is 2.20. The van der Waals surface area contributed by atoms with Crippen LogP contribution in [0.3, 0.4) is 0 Å². The van der Waals surface area contributed by atoms with E-state index in [1.54, 1.807) is 7.05 Å². The second-order valence-electron chi connectivity index (χ2n) is 5.33. The van der Waals surface area contributed by atoms with Gasteiger partial charge in [0, 0.05) is 31.5 Å². The first-order chi connectivity index (χ1) is 8.57. The minimum atomic E-state index is 0.222. The molecule has 0 spiro atoms. The third-order valence-corrected chi connectivity index (χ3v) is 4.30. The van der Waals surface area contributed by atoms with Gasteiger partial charge in [0.2, 0.25) is 0 Å². The molecule has 2 N–H and O–H groups in total. The molecule has 1 rings (SSSR count). The lowest BCUT2D eigenvalue weighted by molar-refractivity contribution is 0.129. The monoisotopic (exact) mass is 273 g/mol. The summed E-state index contributed by atoms with van der Waals surface area (Å²) in [7, 11) is 1.80. The van der Waals surface area contributed by atoms with Crippen LogP contribution in [-0.2, 0) is 4.74 Å². The van der Waals surface area contributed by atoms with Gasteiger partial charge in [-0.05, 0) is 38.9 Å². The Bertz CT molecular complexity index is 265. The molecule has 0 aromatic heterocycles. The Kier molecular flexibility index (Phi) is 6.86. The van der Waals surface area contributed by atoms with Gasteiger partial charge in [0.25, 0.3) is 0 Å². The van der Waals surface area contributed by atoms with Gasteiger partial charge in [-0.2, -0.15) is 11.8 Å². The summed E-state index contributed by atoms with van der Waals surface area (Å²) >= 11 is 1.85. The molecule has 0 amide bonds. The van der Waals surface area contributed by atoms with Crippen LogP contribution in [0.25, 0.3) is 0 Å². The Morgan fingerprint density at radius 2 is 2.11 bits per heavy atom. The van der Waals surface area contributed by atoms with E-state index in [0.717, 1.165) is 38.2 Å². The molecule has 0 atom stereocenters. The van der Waals surface area contributed by atoms with Gasteiger partial charge in [-0.1, -0.05) is 0 Å². The molecule has 0 aromatic rings. The fourth-order valence-corrected chi connectivity index (χ4v) is 1.58. The van der Waals surface area contributed by atoms with Crippen molar-refractivity contribution in [1.82, 2.24) is 10.6 Å². The standard InChI is InChI=1S/C13H27N3OS/c1-13(2,18-4)10-16-12(14-3)15-7-8-17-9-11-5-6-11/h11H,5-10H2,1-4H3,(H2,14,15,16). The van der Waals surface area contributed by atoms with E-state index in [-0.39, 0.29) is 4.75 Å². The molecule has 0 heterocycles. The number of guanidine groups is 1. The number of aliphatic imine (C=N–C) groups is 1. The molecule has 0 aromatic carbocycles. The maximum Gasteiger partial charge on any atom is 0.191 e. The third-order valence-electron chi connectivity index (χ3n) is 3.05. The first-order valence-corrected chi connectivity index (χ1v) is 7.87. The summed E-state index contributed by atoms with van der Waals surface area (Å²) in [6, 6.07) is 0. The van der Waals surface area contributed by atoms with Crippen molar-refractivity contribution < 1.29 is 4.74 Å². The number of hydrogen-bond acceptors (Lipinski definition) is 3. The zero-order valence-electron chi connectivity index (χ0n) is 12.1. The average Bonchev–Trinajstić information content (AvgIpc) is 3.16. The largest absolute Gasteiger partial charge is 0.379 e. The van der Waals surface area contributed by atoms with E-state index in [2.05, 4.69) is 35.7 Å². The van der Waals surface area contributed by atoms with Crippen molar-refractivity contribution >= 4 is 17.7 Å². The molecule has 0 aliphatic heterocycles. The Balaban J connectivity index is 2.05. The minimum absolute atomic E-state index is 0.222. The number of nitrogens with one attached hydrogen (secondary N) is 2. The number of thioether (sulfide) groups is 1. The van der Waals surface area contributed by atoms with Gasteiger partial charge < -0.3 is 15.4 Å². The summed E-state index contributed by atoms with van der Waals surface area (Å²) in [5.41, 5.74) is 0. The molecular formula is C13H27N3OS. The Labute approximate surface area is 115 Å². The quantitative estimate of drug-likeness (QED) is 0.401. The summed E-state index contributed by atoms with van der Waals surface area (Å²) in [4.78, 5) is 4.20. The highest BCUT2D eigenvalue weighted by molar-refractivity contribution is 7.99. The van der Waals surface area contributed by atoms with Crippen LogP contribution in [0.4, 0.5) is 0 Å². The van der Waals surface area contributed by atoms with Gasteiger partial charge in [-0.25, -0.2) is 0 Å². The van der Waals surface area contributed by atoms with Gasteiger partial charge >= 0.3 is 0 Å². The molecule has 1 aliphatic carbocycles. The van der Waals surface area contributed by atoms with Gasteiger partial charge in [0.1, 0.15) is 0 Å². The normalized spacial score (nSPS) is 16.8. The van der Waals surface area contributed by atoms with Crippen molar-refractivity contribution in [2.75, 3.05) is 39.6 Å². The van der Waals surface area contributed by atoms with Gasteiger partial charge in [0.15, 0.2) is 5.96 Å². The zero-order valence-corrected chi connectivity index (χ0v) is 12.9. The number of ether oxygens (including phenoxy) is 1. The van der Waals surface area contributed by atoms with Crippen LogP contribution in [0.15, 0.2) is 4.99 Å².